The van der Waals surface area contributed by atoms with Crippen LogP contribution in [0.1, 0.15) is 63.9 Å². The predicted molar refractivity (Wildman–Crippen MR) is 101 cm³/mol. The summed E-state index contributed by atoms with van der Waals surface area (Å²) in [4.78, 5) is 23.1. The van der Waals surface area contributed by atoms with Crippen LogP contribution in [0.2, 0.25) is 0 Å². The Kier molecular flexibility index (Phi) is 11.3. The van der Waals surface area contributed by atoms with Crippen LogP contribution in [0, 0.1) is 0 Å². The van der Waals surface area contributed by atoms with Crippen LogP contribution in [-0.4, -0.2) is 34.3 Å². The van der Waals surface area contributed by atoms with E-state index in [1.807, 2.05) is 6.07 Å². The molecule has 0 aliphatic heterocycles. The summed E-state index contributed by atoms with van der Waals surface area (Å²) < 4.78 is 0. The molecule has 146 valence electrons. The van der Waals surface area contributed by atoms with E-state index in [1.54, 1.807) is 0 Å². The zero-order chi connectivity index (χ0) is 19.2. The molecule has 1 aromatic carbocycles. The second-order valence-corrected chi connectivity index (χ2v) is 6.72. The van der Waals surface area contributed by atoms with Crippen LogP contribution in [-0.2, 0) is 16.0 Å². The minimum Gasteiger partial charge on any atom is -0.391 e. The van der Waals surface area contributed by atoms with E-state index in [0.717, 1.165) is 25.7 Å². The first-order chi connectivity index (χ1) is 12.5. The smallest absolute Gasteiger partial charge is 0.268 e. The molecule has 0 saturated heterocycles. The van der Waals surface area contributed by atoms with Crippen molar-refractivity contribution in [1.29, 1.82) is 0 Å². The second-order valence-electron chi connectivity index (χ2n) is 6.72. The first-order valence-corrected chi connectivity index (χ1v) is 9.50. The molecule has 6 nitrogen and oxygen atoms in total. The van der Waals surface area contributed by atoms with Crippen molar-refractivity contribution in [2.75, 3.05) is 0 Å². The summed E-state index contributed by atoms with van der Waals surface area (Å²) in [6.07, 6.45) is 8.00. The van der Waals surface area contributed by atoms with Gasteiger partial charge in [0, 0.05) is 6.42 Å². The van der Waals surface area contributed by atoms with Gasteiger partial charge >= 0.3 is 0 Å². The van der Waals surface area contributed by atoms with Gasteiger partial charge in [-0.05, 0) is 31.7 Å². The van der Waals surface area contributed by atoms with Gasteiger partial charge in [-0.2, -0.15) is 0 Å². The fraction of sp³-hybridized carbons (Fsp3) is 0.600. The van der Waals surface area contributed by atoms with Gasteiger partial charge in [0.15, 0.2) is 0 Å². The normalized spacial score (nSPS) is 13.0. The van der Waals surface area contributed by atoms with E-state index in [2.05, 4.69) is 29.6 Å². The maximum absolute atomic E-state index is 11.8. The SMILES string of the molecule is CC(O)[C@@H](NC(=O)CCCCCCCCCc1ccccc1)C(=O)NO. The van der Waals surface area contributed by atoms with Gasteiger partial charge in [-0.25, -0.2) is 5.48 Å². The third kappa shape index (κ3) is 9.53. The molecule has 1 aromatic rings. The van der Waals surface area contributed by atoms with E-state index in [9.17, 15) is 14.7 Å². The lowest BCUT2D eigenvalue weighted by Crippen LogP contribution is -2.51. The van der Waals surface area contributed by atoms with Gasteiger partial charge in [-0.15, -0.1) is 0 Å². The largest absolute Gasteiger partial charge is 0.391 e. The minimum absolute atomic E-state index is 0.289. The summed E-state index contributed by atoms with van der Waals surface area (Å²) in [5.74, 6) is -1.11. The number of aliphatic hydroxyl groups is 1. The zero-order valence-electron chi connectivity index (χ0n) is 15.6. The Morgan fingerprint density at radius 3 is 2.12 bits per heavy atom. The highest BCUT2D eigenvalue weighted by atomic mass is 16.5. The molecular formula is C20H32N2O4. The van der Waals surface area contributed by atoms with Crippen molar-refractivity contribution in [3.05, 3.63) is 35.9 Å². The molecule has 0 saturated carbocycles. The van der Waals surface area contributed by atoms with Crippen molar-refractivity contribution in [2.24, 2.45) is 0 Å². The highest BCUT2D eigenvalue weighted by molar-refractivity contribution is 5.87. The summed E-state index contributed by atoms with van der Waals surface area (Å²) in [5, 5.41) is 20.5. The number of hydrogen-bond acceptors (Lipinski definition) is 4. The number of benzene rings is 1. The molecule has 2 atom stereocenters. The Labute approximate surface area is 156 Å². The quantitative estimate of drug-likeness (QED) is 0.246. The Morgan fingerprint density at radius 2 is 1.54 bits per heavy atom. The number of rotatable bonds is 13. The topological polar surface area (TPSA) is 98.7 Å². The molecule has 1 rings (SSSR count). The Hall–Kier alpha value is -1.92. The number of aliphatic hydroxyl groups excluding tert-OH is 1. The average molecular weight is 364 g/mol. The highest BCUT2D eigenvalue weighted by Gasteiger charge is 2.24. The first kappa shape index (κ1) is 22.1. The molecule has 0 heterocycles. The van der Waals surface area contributed by atoms with E-state index in [-0.39, 0.29) is 5.91 Å². The fourth-order valence-electron chi connectivity index (χ4n) is 2.86. The highest BCUT2D eigenvalue weighted by Crippen LogP contribution is 2.11. The van der Waals surface area contributed by atoms with Gasteiger partial charge < -0.3 is 10.4 Å². The van der Waals surface area contributed by atoms with Gasteiger partial charge in [0.2, 0.25) is 5.91 Å². The summed E-state index contributed by atoms with van der Waals surface area (Å²) in [6.45, 7) is 1.39. The van der Waals surface area contributed by atoms with E-state index in [1.165, 1.54) is 43.7 Å². The van der Waals surface area contributed by atoms with Crippen LogP contribution in [0.4, 0.5) is 0 Å². The van der Waals surface area contributed by atoms with Gasteiger partial charge in [0.25, 0.3) is 5.91 Å². The molecule has 0 bridgehead atoms. The Morgan fingerprint density at radius 1 is 0.962 bits per heavy atom. The van der Waals surface area contributed by atoms with Crippen molar-refractivity contribution in [3.8, 4) is 0 Å². The number of amides is 2. The minimum atomic E-state index is -1.13. The molecule has 0 radical (unpaired) electrons. The zero-order valence-corrected chi connectivity index (χ0v) is 15.6. The van der Waals surface area contributed by atoms with E-state index < -0.39 is 18.1 Å². The number of carbonyl (C=O) groups excluding carboxylic acids is 2. The number of nitrogens with one attached hydrogen (secondary N) is 2. The number of carbonyl (C=O) groups is 2. The second kappa shape index (κ2) is 13.3. The van der Waals surface area contributed by atoms with Crippen LogP contribution < -0.4 is 10.8 Å². The maximum Gasteiger partial charge on any atom is 0.268 e. The molecule has 0 aromatic heterocycles. The summed E-state index contributed by atoms with van der Waals surface area (Å²) >= 11 is 0. The van der Waals surface area contributed by atoms with Gasteiger partial charge in [-0.3, -0.25) is 14.8 Å². The summed E-state index contributed by atoms with van der Waals surface area (Å²) in [5.41, 5.74) is 2.84. The Bertz CT molecular complexity index is 520. The molecule has 4 N–H and O–H groups in total. The third-order valence-corrected chi connectivity index (χ3v) is 4.40. The molecule has 1 unspecified atom stereocenters. The van der Waals surface area contributed by atoms with E-state index in [4.69, 9.17) is 5.21 Å². The number of hydroxylamine groups is 1. The lowest BCUT2D eigenvalue weighted by atomic mass is 10.0. The van der Waals surface area contributed by atoms with Crippen molar-refractivity contribution in [2.45, 2.75) is 76.9 Å². The van der Waals surface area contributed by atoms with Gasteiger partial charge in [0.05, 0.1) is 6.10 Å². The summed E-state index contributed by atoms with van der Waals surface area (Å²) in [7, 11) is 0. The van der Waals surface area contributed by atoms with Crippen molar-refractivity contribution in [3.63, 3.8) is 0 Å². The van der Waals surface area contributed by atoms with Crippen molar-refractivity contribution >= 4 is 11.8 Å². The molecule has 0 aliphatic rings. The van der Waals surface area contributed by atoms with Crippen LogP contribution in [0.15, 0.2) is 30.3 Å². The molecule has 2 amide bonds. The molecule has 0 aliphatic carbocycles. The standard InChI is InChI=1S/C20H32N2O4/c1-16(23)19(20(25)22-26)21-18(24)15-11-6-4-2-3-5-8-12-17-13-9-7-10-14-17/h7,9-10,13-14,16,19,23,26H,2-6,8,11-12,15H2,1H3,(H,21,24)(H,22,25)/t16?,19-/m1/s1. The Balaban J connectivity index is 2.01. The number of hydrogen-bond donors (Lipinski definition) is 4. The molecule has 26 heavy (non-hydrogen) atoms. The molecular weight excluding hydrogens is 332 g/mol. The van der Waals surface area contributed by atoms with Gasteiger partial charge in [0.1, 0.15) is 6.04 Å². The van der Waals surface area contributed by atoms with Crippen molar-refractivity contribution < 1.29 is 19.9 Å². The summed E-state index contributed by atoms with van der Waals surface area (Å²) in [6, 6.07) is 9.39. The lowest BCUT2D eigenvalue weighted by molar-refractivity contribution is -0.137. The maximum atomic E-state index is 11.8. The average Bonchev–Trinajstić information content (AvgIpc) is 2.64. The molecule has 0 fully saturated rings. The van der Waals surface area contributed by atoms with Crippen LogP contribution in [0.3, 0.4) is 0 Å². The van der Waals surface area contributed by atoms with E-state index in [0.29, 0.717) is 6.42 Å². The van der Waals surface area contributed by atoms with Crippen molar-refractivity contribution in [1.82, 2.24) is 10.8 Å². The molecule has 6 heteroatoms. The molecule has 0 spiro atoms. The van der Waals surface area contributed by atoms with E-state index >= 15 is 0 Å². The first-order valence-electron chi connectivity index (χ1n) is 9.50. The van der Waals surface area contributed by atoms with Crippen LogP contribution >= 0.6 is 0 Å². The number of unbranched alkanes of at least 4 members (excludes halogenated alkanes) is 6. The fourth-order valence-corrected chi connectivity index (χ4v) is 2.86. The lowest BCUT2D eigenvalue weighted by Gasteiger charge is -2.19. The van der Waals surface area contributed by atoms with Crippen LogP contribution in [0.5, 0.6) is 0 Å². The third-order valence-electron chi connectivity index (χ3n) is 4.40. The predicted octanol–water partition coefficient (Wildman–Crippen LogP) is 2.72. The monoisotopic (exact) mass is 364 g/mol. The van der Waals surface area contributed by atoms with Gasteiger partial charge in [-0.1, -0.05) is 62.4 Å². The number of aryl methyl sites for hydroxylation is 1. The van der Waals surface area contributed by atoms with Crippen LogP contribution in [0.25, 0.3) is 0 Å².